The Morgan fingerprint density at radius 1 is 1.67 bits per heavy atom. The van der Waals surface area contributed by atoms with Crippen LogP contribution in [0, 0.1) is 2.88 Å². The summed E-state index contributed by atoms with van der Waals surface area (Å²) in [5.74, 6) is -1.90. The van der Waals surface area contributed by atoms with Gasteiger partial charge in [0.05, 0.1) is 2.88 Å². The third kappa shape index (κ3) is 3.78. The van der Waals surface area contributed by atoms with Gasteiger partial charge in [-0.2, -0.15) is 0 Å². The minimum Gasteiger partial charge on any atom is -0.476 e. The molecular weight excluding hydrogens is 397 g/mol. The summed E-state index contributed by atoms with van der Waals surface area (Å²) in [5.41, 5.74) is -0.190. The van der Waals surface area contributed by atoms with E-state index in [9.17, 15) is 9.59 Å². The van der Waals surface area contributed by atoms with Crippen LogP contribution in [0.3, 0.4) is 0 Å². The minimum absolute atomic E-state index is 0.139. The molecule has 0 aromatic carbocycles. The van der Waals surface area contributed by atoms with Gasteiger partial charge in [0.1, 0.15) is 18.7 Å². The van der Waals surface area contributed by atoms with Crippen LogP contribution in [0.1, 0.15) is 5.69 Å². The van der Waals surface area contributed by atoms with Gasteiger partial charge < -0.3 is 15.3 Å². The van der Waals surface area contributed by atoms with Crippen LogP contribution in [0.15, 0.2) is 5.16 Å². The fourth-order valence-corrected chi connectivity index (χ4v) is 2.71. The van der Waals surface area contributed by atoms with Crippen molar-refractivity contribution in [3.05, 3.63) is 8.58 Å². The second kappa shape index (κ2) is 6.85. The predicted octanol–water partition coefficient (Wildman–Crippen LogP) is 1.36. The van der Waals surface area contributed by atoms with Crippen molar-refractivity contribution in [3.8, 4) is 0 Å². The maximum absolute atomic E-state index is 11.1. The topological polar surface area (TPSA) is 101 Å². The molecule has 10 heteroatoms. The zero-order valence-corrected chi connectivity index (χ0v) is 12.7. The van der Waals surface area contributed by atoms with Gasteiger partial charge in [-0.05, 0) is 22.6 Å². The molecule has 0 saturated heterocycles. The Morgan fingerprint density at radius 3 is 2.83 bits per heavy atom. The number of carbonyl (C=O) groups excluding carboxylic acids is 1. The number of aliphatic carboxylic acids is 1. The molecule has 7 nitrogen and oxygen atoms in total. The van der Waals surface area contributed by atoms with Crippen molar-refractivity contribution in [1.82, 2.24) is 4.98 Å². The first-order chi connectivity index (χ1) is 8.49. The maximum atomic E-state index is 11.1. The highest BCUT2D eigenvalue weighted by Crippen LogP contribution is 2.25. The van der Waals surface area contributed by atoms with Crippen molar-refractivity contribution in [3.63, 3.8) is 0 Å². The molecule has 0 aliphatic carbocycles. The summed E-state index contributed by atoms with van der Waals surface area (Å²) in [4.78, 5) is 30.5. The third-order valence-electron chi connectivity index (χ3n) is 1.56. The SMILES string of the molecule is CO/N=C(/C(=O)O)c1nc(NC(=O)CCl)sc1I. The number of carboxylic acids is 1. The number of oxime groups is 1. The smallest absolute Gasteiger partial charge is 0.360 e. The Balaban J connectivity index is 3.07. The molecule has 1 heterocycles. The van der Waals surface area contributed by atoms with E-state index in [1.165, 1.54) is 7.11 Å². The summed E-state index contributed by atoms with van der Waals surface area (Å²) >= 11 is 8.35. The number of nitrogens with zero attached hydrogens (tertiary/aromatic N) is 2. The van der Waals surface area contributed by atoms with E-state index in [2.05, 4.69) is 20.3 Å². The second-order valence-electron chi connectivity index (χ2n) is 2.75. The number of carboxylic acid groups (broad SMARTS) is 1. The lowest BCUT2D eigenvalue weighted by molar-refractivity contribution is -0.129. The lowest BCUT2D eigenvalue weighted by Gasteiger charge is -1.97. The number of carbonyl (C=O) groups is 2. The van der Waals surface area contributed by atoms with Crippen molar-refractivity contribution in [2.24, 2.45) is 5.16 Å². The molecule has 0 spiro atoms. The summed E-state index contributed by atoms with van der Waals surface area (Å²) in [5, 5.41) is 15.0. The fraction of sp³-hybridized carbons (Fsp3) is 0.250. The van der Waals surface area contributed by atoms with Gasteiger partial charge in [-0.1, -0.05) is 16.5 Å². The summed E-state index contributed by atoms with van der Waals surface area (Å²) in [6.45, 7) is 0. The Kier molecular flexibility index (Phi) is 5.75. The van der Waals surface area contributed by atoms with Gasteiger partial charge in [0, 0.05) is 0 Å². The van der Waals surface area contributed by atoms with E-state index in [0.29, 0.717) is 2.88 Å². The number of aromatic nitrogens is 1. The van der Waals surface area contributed by atoms with Crippen LogP contribution in [0.4, 0.5) is 5.13 Å². The molecule has 1 aromatic heterocycles. The predicted molar refractivity (Wildman–Crippen MR) is 75.4 cm³/mol. The Labute approximate surface area is 124 Å². The Morgan fingerprint density at radius 2 is 2.33 bits per heavy atom. The van der Waals surface area contributed by atoms with Gasteiger partial charge in [0.25, 0.3) is 0 Å². The van der Waals surface area contributed by atoms with Gasteiger partial charge in [0.15, 0.2) is 5.13 Å². The number of nitrogens with one attached hydrogen (secondary N) is 1. The first-order valence-corrected chi connectivity index (χ1v) is 6.79. The van der Waals surface area contributed by atoms with Crippen LogP contribution in [-0.2, 0) is 14.4 Å². The molecule has 0 radical (unpaired) electrons. The minimum atomic E-state index is -1.27. The van der Waals surface area contributed by atoms with Crippen LogP contribution in [0.2, 0.25) is 0 Å². The van der Waals surface area contributed by atoms with Gasteiger partial charge in [-0.15, -0.1) is 11.6 Å². The number of thiazole rings is 1. The average molecular weight is 404 g/mol. The highest BCUT2D eigenvalue weighted by molar-refractivity contribution is 14.1. The summed E-state index contributed by atoms with van der Waals surface area (Å²) in [6.07, 6.45) is 0. The number of hydrogen-bond acceptors (Lipinski definition) is 6. The van der Waals surface area contributed by atoms with Crippen LogP contribution >= 0.6 is 45.5 Å². The number of alkyl halides is 1. The number of rotatable bonds is 5. The van der Waals surface area contributed by atoms with Crippen molar-refractivity contribution in [2.45, 2.75) is 0 Å². The van der Waals surface area contributed by atoms with Crippen LogP contribution in [0.5, 0.6) is 0 Å². The highest BCUT2D eigenvalue weighted by Gasteiger charge is 2.22. The zero-order chi connectivity index (χ0) is 13.7. The lowest BCUT2D eigenvalue weighted by Crippen LogP contribution is -2.17. The summed E-state index contributed by atoms with van der Waals surface area (Å²) in [7, 11) is 1.23. The Bertz CT molecular complexity index is 505. The van der Waals surface area contributed by atoms with Crippen molar-refractivity contribution in [1.29, 1.82) is 0 Å². The molecule has 0 saturated carbocycles. The molecule has 0 aliphatic rings. The van der Waals surface area contributed by atoms with Gasteiger partial charge >= 0.3 is 5.97 Å². The number of hydrogen-bond donors (Lipinski definition) is 2. The van der Waals surface area contributed by atoms with E-state index in [1.807, 2.05) is 22.6 Å². The molecule has 2 N–H and O–H groups in total. The Hall–Kier alpha value is -0.940. The van der Waals surface area contributed by atoms with E-state index < -0.39 is 11.9 Å². The van der Waals surface area contributed by atoms with Crippen LogP contribution < -0.4 is 5.32 Å². The first-order valence-electron chi connectivity index (χ1n) is 4.36. The van der Waals surface area contributed by atoms with E-state index >= 15 is 0 Å². The van der Waals surface area contributed by atoms with E-state index in [0.717, 1.165) is 11.3 Å². The lowest BCUT2D eigenvalue weighted by atomic mass is 10.3. The van der Waals surface area contributed by atoms with E-state index in [-0.39, 0.29) is 22.4 Å². The van der Waals surface area contributed by atoms with Crippen LogP contribution in [0.25, 0.3) is 0 Å². The molecule has 1 amide bonds. The van der Waals surface area contributed by atoms with Gasteiger partial charge in [-0.25, -0.2) is 9.78 Å². The average Bonchev–Trinajstić information content (AvgIpc) is 2.66. The number of amides is 1. The van der Waals surface area contributed by atoms with Gasteiger partial charge in [0.2, 0.25) is 11.6 Å². The zero-order valence-electron chi connectivity index (χ0n) is 8.94. The molecule has 0 unspecified atom stereocenters. The molecule has 98 valence electrons. The maximum Gasteiger partial charge on any atom is 0.360 e. The highest BCUT2D eigenvalue weighted by atomic mass is 127. The van der Waals surface area contributed by atoms with Crippen molar-refractivity contribution < 1.29 is 19.5 Å². The summed E-state index contributed by atoms with van der Waals surface area (Å²) in [6, 6.07) is 0. The molecule has 0 aliphatic heterocycles. The third-order valence-corrected chi connectivity index (χ3v) is 3.74. The normalized spacial score (nSPS) is 11.2. The largest absolute Gasteiger partial charge is 0.476 e. The van der Waals surface area contributed by atoms with E-state index in [4.69, 9.17) is 16.7 Å². The van der Waals surface area contributed by atoms with E-state index in [1.54, 1.807) is 0 Å². The van der Waals surface area contributed by atoms with Crippen LogP contribution in [-0.4, -0.2) is 40.7 Å². The molecule has 1 rings (SSSR count). The van der Waals surface area contributed by atoms with Crippen molar-refractivity contribution in [2.75, 3.05) is 18.3 Å². The van der Waals surface area contributed by atoms with Gasteiger partial charge in [-0.3, -0.25) is 4.79 Å². The molecule has 0 fully saturated rings. The van der Waals surface area contributed by atoms with Crippen molar-refractivity contribution >= 4 is 68.2 Å². The first kappa shape index (κ1) is 15.1. The molecule has 0 atom stereocenters. The molecular formula is C8H7ClIN3O4S. The quantitative estimate of drug-likeness (QED) is 0.335. The molecule has 0 bridgehead atoms. The fourth-order valence-electron chi connectivity index (χ4n) is 0.929. The molecule has 18 heavy (non-hydrogen) atoms. The standard InChI is InChI=1S/C8H7ClIN3O4S/c1-17-13-5(7(15)16)4-6(10)18-8(12-4)11-3(14)2-9/h2H2,1H3,(H,15,16)(H,11,12,14)/b13-5+. The number of halogens is 2. The molecule has 1 aromatic rings. The number of anilines is 1. The second-order valence-corrected chi connectivity index (χ2v) is 5.83. The monoisotopic (exact) mass is 403 g/mol. The summed E-state index contributed by atoms with van der Waals surface area (Å²) < 4.78 is 0.565.